The van der Waals surface area contributed by atoms with Gasteiger partial charge in [0.15, 0.2) is 4.90 Å². The van der Waals surface area contributed by atoms with Gasteiger partial charge in [0.2, 0.25) is 0 Å². The summed E-state index contributed by atoms with van der Waals surface area (Å²) in [4.78, 5) is 18.4. The topological polar surface area (TPSA) is 134 Å². The number of anilines is 3. The van der Waals surface area contributed by atoms with Gasteiger partial charge in [-0.3, -0.25) is 9.52 Å². The molecular formula is C30H31F2N5O5S. The molecule has 3 aromatic carbocycles. The van der Waals surface area contributed by atoms with E-state index in [1.807, 2.05) is 24.3 Å². The zero-order valence-electron chi connectivity index (χ0n) is 23.1. The van der Waals surface area contributed by atoms with Gasteiger partial charge in [0.1, 0.15) is 29.5 Å². The summed E-state index contributed by atoms with van der Waals surface area (Å²) in [5.74, 6) is -0.985. The molecule has 5 rings (SSSR count). The van der Waals surface area contributed by atoms with Crippen molar-refractivity contribution in [1.82, 2.24) is 14.9 Å². The minimum absolute atomic E-state index is 0.148. The van der Waals surface area contributed by atoms with Gasteiger partial charge in [-0.05, 0) is 93.0 Å². The van der Waals surface area contributed by atoms with Crippen molar-refractivity contribution in [3.63, 3.8) is 0 Å². The Morgan fingerprint density at radius 3 is 2.21 bits per heavy atom. The molecule has 2 heterocycles. The number of halogens is 2. The minimum Gasteiger partial charge on any atom is -0.494 e. The third-order valence-corrected chi connectivity index (χ3v) is 7.93. The fourth-order valence-electron chi connectivity index (χ4n) is 4.50. The first kappa shape index (κ1) is 31.3. The van der Waals surface area contributed by atoms with Gasteiger partial charge in [-0.2, -0.15) is 0 Å². The summed E-state index contributed by atoms with van der Waals surface area (Å²) in [6, 6.07) is 18.6. The van der Waals surface area contributed by atoms with E-state index in [4.69, 9.17) is 14.6 Å². The van der Waals surface area contributed by atoms with Crippen LogP contribution in [0.1, 0.15) is 19.3 Å². The zero-order valence-corrected chi connectivity index (χ0v) is 23.9. The summed E-state index contributed by atoms with van der Waals surface area (Å²) in [6.07, 6.45) is 5.03. The second-order valence-electron chi connectivity index (χ2n) is 9.53. The van der Waals surface area contributed by atoms with Crippen LogP contribution in [0.15, 0.2) is 84.0 Å². The van der Waals surface area contributed by atoms with Crippen LogP contribution in [-0.4, -0.2) is 61.1 Å². The number of nitrogens with one attached hydrogen (secondary N) is 2. The summed E-state index contributed by atoms with van der Waals surface area (Å²) in [5, 5.41) is 10.0. The number of hydrogen-bond acceptors (Lipinski definition) is 8. The number of aromatic nitrogens is 2. The Morgan fingerprint density at radius 2 is 1.56 bits per heavy atom. The lowest BCUT2D eigenvalue weighted by Gasteiger charge is -2.14. The van der Waals surface area contributed by atoms with Crippen LogP contribution in [0, 0.1) is 11.6 Å². The summed E-state index contributed by atoms with van der Waals surface area (Å²) >= 11 is 0. The molecule has 1 aliphatic rings. The average molecular weight is 612 g/mol. The predicted molar refractivity (Wildman–Crippen MR) is 159 cm³/mol. The van der Waals surface area contributed by atoms with Crippen LogP contribution in [0.2, 0.25) is 0 Å². The molecule has 226 valence electrons. The van der Waals surface area contributed by atoms with Crippen LogP contribution in [0.5, 0.6) is 5.75 Å². The van der Waals surface area contributed by atoms with Gasteiger partial charge in [0, 0.05) is 29.5 Å². The number of sulfonamides is 1. The normalized spacial score (nSPS) is 13.1. The van der Waals surface area contributed by atoms with Crippen molar-refractivity contribution in [2.24, 2.45) is 0 Å². The van der Waals surface area contributed by atoms with Gasteiger partial charge in [-0.1, -0.05) is 6.07 Å². The lowest BCUT2D eigenvalue weighted by atomic mass is 10.1. The molecule has 0 atom stereocenters. The van der Waals surface area contributed by atoms with Crippen LogP contribution in [0.25, 0.3) is 11.3 Å². The van der Waals surface area contributed by atoms with Crippen LogP contribution in [-0.2, 0) is 14.8 Å². The van der Waals surface area contributed by atoms with Gasteiger partial charge < -0.3 is 20.1 Å². The number of carboxylic acid groups (broad SMARTS) is 1. The number of hydrogen-bond donors (Lipinski definition) is 3. The van der Waals surface area contributed by atoms with Gasteiger partial charge in [-0.15, -0.1) is 0 Å². The van der Waals surface area contributed by atoms with Crippen LogP contribution < -0.4 is 14.8 Å². The molecule has 0 unspecified atom stereocenters. The first-order valence-electron chi connectivity index (χ1n) is 13.5. The number of nitrogens with zero attached hydrogens (tertiary/aromatic N) is 3. The molecule has 10 nitrogen and oxygen atoms in total. The maximum Gasteiger partial charge on any atom is 0.290 e. The molecule has 1 aromatic heterocycles. The summed E-state index contributed by atoms with van der Waals surface area (Å²) < 4.78 is 61.0. The van der Waals surface area contributed by atoms with Gasteiger partial charge in [0.05, 0.1) is 12.3 Å². The first-order chi connectivity index (χ1) is 20.8. The van der Waals surface area contributed by atoms with E-state index < -0.39 is 26.6 Å². The fraction of sp³-hybridized carbons (Fsp3) is 0.233. The maximum absolute atomic E-state index is 14.0. The lowest BCUT2D eigenvalue weighted by molar-refractivity contribution is -0.122. The molecule has 43 heavy (non-hydrogen) atoms. The molecule has 0 aliphatic carbocycles. The number of rotatable bonds is 11. The molecule has 0 saturated carbocycles. The molecule has 1 aliphatic heterocycles. The van der Waals surface area contributed by atoms with E-state index in [0.29, 0.717) is 18.1 Å². The van der Waals surface area contributed by atoms with Gasteiger partial charge in [-0.25, -0.2) is 27.2 Å². The van der Waals surface area contributed by atoms with E-state index in [1.54, 1.807) is 18.2 Å². The van der Waals surface area contributed by atoms with E-state index in [9.17, 15) is 17.2 Å². The minimum atomic E-state index is -4.45. The molecule has 1 fully saturated rings. The first-order valence-corrected chi connectivity index (χ1v) is 15.0. The smallest absolute Gasteiger partial charge is 0.290 e. The molecule has 4 aromatic rings. The summed E-state index contributed by atoms with van der Waals surface area (Å²) in [6.45, 7) is 3.88. The van der Waals surface area contributed by atoms with Crippen molar-refractivity contribution >= 4 is 33.7 Å². The van der Waals surface area contributed by atoms with E-state index in [1.165, 1.54) is 44.4 Å². The summed E-state index contributed by atoms with van der Waals surface area (Å²) in [7, 11) is -4.45. The van der Waals surface area contributed by atoms with E-state index in [2.05, 4.69) is 24.9 Å². The SMILES string of the molecule is O=CO.O=S(=O)(Nc1ccc(Nc2cc(-c3ccc(OCCCN4CCCC4)cc3)ncn2)cc1)c1c(F)cccc1F. The average Bonchev–Trinajstić information content (AvgIpc) is 3.51. The van der Waals surface area contributed by atoms with Crippen molar-refractivity contribution in [2.75, 3.05) is 36.3 Å². The van der Waals surface area contributed by atoms with Crippen molar-refractivity contribution in [2.45, 2.75) is 24.2 Å². The van der Waals surface area contributed by atoms with E-state index in [-0.39, 0.29) is 12.2 Å². The van der Waals surface area contributed by atoms with Crippen LogP contribution in [0.4, 0.5) is 26.0 Å². The Labute approximate surface area is 248 Å². The largest absolute Gasteiger partial charge is 0.494 e. The Morgan fingerprint density at radius 1 is 0.930 bits per heavy atom. The van der Waals surface area contributed by atoms with Gasteiger partial charge >= 0.3 is 0 Å². The molecule has 0 bridgehead atoms. The number of benzene rings is 3. The van der Waals surface area contributed by atoms with Crippen molar-refractivity contribution in [1.29, 1.82) is 0 Å². The number of carbonyl (C=O) groups is 1. The van der Waals surface area contributed by atoms with Crippen LogP contribution >= 0.6 is 0 Å². The second kappa shape index (κ2) is 15.0. The number of likely N-dealkylation sites (tertiary alicyclic amines) is 1. The van der Waals surface area contributed by atoms with Crippen LogP contribution in [0.3, 0.4) is 0 Å². The Bertz CT molecular complexity index is 1580. The van der Waals surface area contributed by atoms with Crippen molar-refractivity contribution < 1.29 is 31.8 Å². The molecule has 0 radical (unpaired) electrons. The highest BCUT2D eigenvalue weighted by Gasteiger charge is 2.23. The fourth-order valence-corrected chi connectivity index (χ4v) is 5.70. The highest BCUT2D eigenvalue weighted by molar-refractivity contribution is 7.92. The predicted octanol–water partition coefficient (Wildman–Crippen LogP) is 5.53. The Balaban J connectivity index is 0.00000135. The molecular weight excluding hydrogens is 580 g/mol. The monoisotopic (exact) mass is 611 g/mol. The van der Waals surface area contributed by atoms with Crippen molar-refractivity contribution in [3.8, 4) is 17.0 Å². The zero-order chi connectivity index (χ0) is 30.7. The molecule has 0 amide bonds. The van der Waals surface area contributed by atoms with Crippen molar-refractivity contribution in [3.05, 3.63) is 90.8 Å². The quantitative estimate of drug-likeness (QED) is 0.148. The molecule has 1 saturated heterocycles. The van der Waals surface area contributed by atoms with Gasteiger partial charge in [0.25, 0.3) is 16.5 Å². The third-order valence-electron chi connectivity index (χ3n) is 6.50. The molecule has 3 N–H and O–H groups in total. The van der Waals surface area contributed by atoms with E-state index in [0.717, 1.165) is 48.2 Å². The molecule has 0 spiro atoms. The third kappa shape index (κ3) is 8.93. The molecule has 13 heteroatoms. The summed E-state index contributed by atoms with van der Waals surface area (Å²) in [5.41, 5.74) is 2.40. The van der Waals surface area contributed by atoms with E-state index >= 15 is 0 Å². The standard InChI is InChI=1S/C29H29F2N5O3S.CH2O2/c30-25-5-3-6-26(31)29(25)40(37,38)35-23-11-9-22(10-12-23)34-28-19-27(32-20-33-28)21-7-13-24(14-8-21)39-18-4-17-36-15-1-2-16-36;2-1-3/h3,5-14,19-20,35H,1-2,4,15-18H2,(H,32,33,34);1H,(H,2,3). The maximum atomic E-state index is 14.0. The Kier molecular flexibility index (Phi) is 10.9. The highest BCUT2D eigenvalue weighted by Crippen LogP contribution is 2.26. The second-order valence-corrected chi connectivity index (χ2v) is 11.1. The number of ether oxygens (including phenoxy) is 1. The highest BCUT2D eigenvalue weighted by atomic mass is 32.2. The Hall–Kier alpha value is -4.62. The lowest BCUT2D eigenvalue weighted by Crippen LogP contribution is -2.21.